The maximum atomic E-state index is 12.8. The van der Waals surface area contributed by atoms with E-state index in [1.54, 1.807) is 24.2 Å². The van der Waals surface area contributed by atoms with Gasteiger partial charge in [0.25, 0.3) is 5.91 Å². The molecule has 0 atom stereocenters. The second-order valence-electron chi connectivity index (χ2n) is 5.82. The molecule has 3 rings (SSSR count). The lowest BCUT2D eigenvalue weighted by atomic mass is 10.1. The molecule has 0 fully saturated rings. The summed E-state index contributed by atoms with van der Waals surface area (Å²) < 4.78 is 1.83. The van der Waals surface area contributed by atoms with Crippen LogP contribution in [0.25, 0.3) is 11.0 Å². The standard InChI is InChI=1S/C15H19N7O/c1-9(2)22-14-12(6-18-22)11(5-10(3)19-14)15(23)21(4)7-13-16-8-17-20-13/h5-6,8-9H,7H2,1-4H3,(H,16,17,20). The summed E-state index contributed by atoms with van der Waals surface area (Å²) in [4.78, 5) is 23.0. The molecule has 0 radical (unpaired) electrons. The van der Waals surface area contributed by atoms with Crippen LogP contribution >= 0.6 is 0 Å². The first-order valence-corrected chi connectivity index (χ1v) is 7.42. The van der Waals surface area contributed by atoms with Crippen LogP contribution in [0.4, 0.5) is 0 Å². The molecular weight excluding hydrogens is 294 g/mol. The Labute approximate surface area is 133 Å². The van der Waals surface area contributed by atoms with Crippen LogP contribution in [-0.2, 0) is 6.54 Å². The first kappa shape index (κ1) is 15.1. The van der Waals surface area contributed by atoms with E-state index in [1.165, 1.54) is 6.33 Å². The van der Waals surface area contributed by atoms with Crippen molar-refractivity contribution >= 4 is 16.9 Å². The molecule has 1 amide bonds. The molecular formula is C15H19N7O. The highest BCUT2D eigenvalue weighted by Crippen LogP contribution is 2.22. The smallest absolute Gasteiger partial charge is 0.254 e. The average molecular weight is 313 g/mol. The van der Waals surface area contributed by atoms with Gasteiger partial charge in [0.05, 0.1) is 23.7 Å². The number of carbonyl (C=O) groups excluding carboxylic acids is 1. The van der Waals surface area contributed by atoms with Gasteiger partial charge in [-0.25, -0.2) is 14.6 Å². The molecule has 1 N–H and O–H groups in total. The van der Waals surface area contributed by atoms with Crippen LogP contribution < -0.4 is 0 Å². The third kappa shape index (κ3) is 2.79. The first-order chi connectivity index (χ1) is 11.0. The fourth-order valence-corrected chi connectivity index (χ4v) is 2.51. The number of fused-ring (bicyclic) bond motifs is 1. The Bertz CT molecular complexity index is 835. The van der Waals surface area contributed by atoms with Crippen LogP contribution in [0.5, 0.6) is 0 Å². The summed E-state index contributed by atoms with van der Waals surface area (Å²) in [6, 6.07) is 1.98. The van der Waals surface area contributed by atoms with Crippen molar-refractivity contribution in [3.05, 3.63) is 35.7 Å². The summed E-state index contributed by atoms with van der Waals surface area (Å²) in [7, 11) is 1.74. The largest absolute Gasteiger partial charge is 0.334 e. The number of amides is 1. The number of pyridine rings is 1. The van der Waals surface area contributed by atoms with Gasteiger partial charge in [0.1, 0.15) is 12.2 Å². The van der Waals surface area contributed by atoms with E-state index >= 15 is 0 Å². The molecule has 120 valence electrons. The molecule has 3 aromatic rings. The molecule has 0 saturated heterocycles. The van der Waals surface area contributed by atoms with Crippen LogP contribution in [0.3, 0.4) is 0 Å². The van der Waals surface area contributed by atoms with Gasteiger partial charge in [-0.2, -0.15) is 10.2 Å². The summed E-state index contributed by atoms with van der Waals surface area (Å²) in [5.74, 6) is 0.543. The van der Waals surface area contributed by atoms with Crippen LogP contribution in [0, 0.1) is 6.92 Å². The van der Waals surface area contributed by atoms with Gasteiger partial charge in [0.2, 0.25) is 0 Å². The summed E-state index contributed by atoms with van der Waals surface area (Å²) in [5, 5.41) is 11.7. The van der Waals surface area contributed by atoms with Gasteiger partial charge in [-0.3, -0.25) is 9.89 Å². The molecule has 8 nitrogen and oxygen atoms in total. The summed E-state index contributed by atoms with van der Waals surface area (Å²) in [6.07, 6.45) is 3.13. The van der Waals surface area contributed by atoms with Gasteiger partial charge in [-0.05, 0) is 26.8 Å². The Morgan fingerprint density at radius 1 is 1.43 bits per heavy atom. The van der Waals surface area contributed by atoms with Crippen molar-refractivity contribution in [2.45, 2.75) is 33.4 Å². The van der Waals surface area contributed by atoms with Gasteiger partial charge in [-0.1, -0.05) is 0 Å². The number of nitrogens with one attached hydrogen (secondary N) is 1. The van der Waals surface area contributed by atoms with E-state index in [1.807, 2.05) is 25.5 Å². The molecule has 0 aliphatic carbocycles. The molecule has 0 aromatic carbocycles. The monoisotopic (exact) mass is 313 g/mol. The molecule has 0 bridgehead atoms. The molecule has 3 aromatic heterocycles. The zero-order valence-corrected chi connectivity index (χ0v) is 13.6. The summed E-state index contributed by atoms with van der Waals surface area (Å²) in [5.41, 5.74) is 2.12. The minimum Gasteiger partial charge on any atom is -0.334 e. The van der Waals surface area contributed by atoms with Crippen LogP contribution in [0.2, 0.25) is 0 Å². The number of carbonyl (C=O) groups is 1. The van der Waals surface area contributed by atoms with Crippen molar-refractivity contribution in [2.75, 3.05) is 7.05 Å². The Hall–Kier alpha value is -2.77. The summed E-state index contributed by atoms with van der Waals surface area (Å²) >= 11 is 0. The summed E-state index contributed by atoms with van der Waals surface area (Å²) in [6.45, 7) is 6.31. The molecule has 0 saturated carbocycles. The third-order valence-corrected chi connectivity index (χ3v) is 3.61. The lowest BCUT2D eigenvalue weighted by Crippen LogP contribution is -2.27. The Morgan fingerprint density at radius 2 is 2.22 bits per heavy atom. The zero-order valence-electron chi connectivity index (χ0n) is 13.6. The van der Waals surface area contributed by atoms with Crippen LogP contribution in [-0.4, -0.2) is 47.8 Å². The highest BCUT2D eigenvalue weighted by atomic mass is 16.2. The van der Waals surface area contributed by atoms with Crippen LogP contribution in [0.1, 0.15) is 41.8 Å². The predicted molar refractivity (Wildman–Crippen MR) is 84.8 cm³/mol. The minimum atomic E-state index is -0.0970. The van der Waals surface area contributed by atoms with Crippen molar-refractivity contribution in [3.63, 3.8) is 0 Å². The van der Waals surface area contributed by atoms with E-state index < -0.39 is 0 Å². The lowest BCUT2D eigenvalue weighted by molar-refractivity contribution is 0.0783. The number of aromatic nitrogens is 6. The Kier molecular flexibility index (Phi) is 3.81. The first-order valence-electron chi connectivity index (χ1n) is 7.42. The predicted octanol–water partition coefficient (Wildman–Crippen LogP) is 1.71. The van der Waals surface area contributed by atoms with E-state index in [9.17, 15) is 4.79 Å². The minimum absolute atomic E-state index is 0.0970. The van der Waals surface area contributed by atoms with E-state index in [4.69, 9.17) is 0 Å². The Balaban J connectivity index is 2.00. The highest BCUT2D eigenvalue weighted by molar-refractivity contribution is 6.05. The molecule has 3 heterocycles. The van der Waals surface area contributed by atoms with Gasteiger partial charge in [-0.15, -0.1) is 0 Å². The molecule has 0 aliphatic heterocycles. The quantitative estimate of drug-likeness (QED) is 0.791. The topological polar surface area (TPSA) is 92.6 Å². The van der Waals surface area contributed by atoms with Crippen molar-refractivity contribution in [3.8, 4) is 0 Å². The number of aryl methyl sites for hydroxylation is 1. The van der Waals surface area contributed by atoms with Gasteiger partial charge < -0.3 is 4.90 Å². The van der Waals surface area contributed by atoms with Crippen molar-refractivity contribution in [2.24, 2.45) is 0 Å². The fraction of sp³-hybridized carbons (Fsp3) is 0.400. The van der Waals surface area contributed by atoms with E-state index in [2.05, 4.69) is 25.3 Å². The van der Waals surface area contributed by atoms with Crippen molar-refractivity contribution in [1.29, 1.82) is 0 Å². The molecule has 0 unspecified atom stereocenters. The van der Waals surface area contributed by atoms with Gasteiger partial charge >= 0.3 is 0 Å². The third-order valence-electron chi connectivity index (χ3n) is 3.61. The maximum absolute atomic E-state index is 12.8. The van der Waals surface area contributed by atoms with E-state index in [-0.39, 0.29) is 11.9 Å². The van der Waals surface area contributed by atoms with Gasteiger partial charge in [0.15, 0.2) is 5.65 Å². The van der Waals surface area contributed by atoms with E-state index in [0.29, 0.717) is 17.9 Å². The average Bonchev–Trinajstić information content (AvgIpc) is 3.14. The number of nitrogens with zero attached hydrogens (tertiary/aromatic N) is 6. The normalized spacial score (nSPS) is 11.3. The number of aromatic amines is 1. The number of H-pyrrole nitrogens is 1. The lowest BCUT2D eigenvalue weighted by Gasteiger charge is -2.16. The fourth-order valence-electron chi connectivity index (χ4n) is 2.51. The highest BCUT2D eigenvalue weighted by Gasteiger charge is 2.20. The van der Waals surface area contributed by atoms with E-state index in [0.717, 1.165) is 16.7 Å². The zero-order chi connectivity index (χ0) is 16.6. The van der Waals surface area contributed by atoms with Gasteiger partial charge in [0, 0.05) is 18.8 Å². The SMILES string of the molecule is Cc1cc(C(=O)N(C)Cc2ncn[nH]2)c2cnn(C(C)C)c2n1. The number of rotatable bonds is 4. The van der Waals surface area contributed by atoms with Crippen molar-refractivity contribution < 1.29 is 4.79 Å². The molecule has 0 spiro atoms. The second kappa shape index (κ2) is 5.79. The maximum Gasteiger partial charge on any atom is 0.254 e. The number of hydrogen-bond acceptors (Lipinski definition) is 5. The van der Waals surface area contributed by atoms with Crippen molar-refractivity contribution in [1.82, 2.24) is 34.8 Å². The molecule has 8 heteroatoms. The van der Waals surface area contributed by atoms with Crippen LogP contribution in [0.15, 0.2) is 18.6 Å². The molecule has 23 heavy (non-hydrogen) atoms. The Morgan fingerprint density at radius 3 is 2.87 bits per heavy atom. The number of hydrogen-bond donors (Lipinski definition) is 1. The molecule has 0 aliphatic rings. The second-order valence-corrected chi connectivity index (χ2v) is 5.82.